The van der Waals surface area contributed by atoms with Gasteiger partial charge in [-0.3, -0.25) is 9.59 Å². The van der Waals surface area contributed by atoms with E-state index >= 15 is 0 Å². The van der Waals surface area contributed by atoms with Crippen molar-refractivity contribution >= 4 is 11.9 Å². The normalized spacial score (nSPS) is 12.0. The zero-order chi connectivity index (χ0) is 19.5. The topological polar surface area (TPSA) is 107 Å². The van der Waals surface area contributed by atoms with Gasteiger partial charge in [0, 0.05) is 12.6 Å². The summed E-state index contributed by atoms with van der Waals surface area (Å²) in [7, 11) is 0. The minimum absolute atomic E-state index is 0.0208. The Labute approximate surface area is 143 Å². The molecule has 9 heteroatoms. The van der Waals surface area contributed by atoms with Crippen LogP contribution in [0.4, 0.5) is 13.2 Å². The minimum atomic E-state index is -4.29. The van der Waals surface area contributed by atoms with Gasteiger partial charge in [0.05, 0.1) is 25.0 Å². The van der Waals surface area contributed by atoms with Gasteiger partial charge >= 0.3 is 18.1 Å². The number of carboxylic acids is 2. The minimum Gasteiger partial charge on any atom is -0.481 e. The van der Waals surface area contributed by atoms with Gasteiger partial charge in [0.25, 0.3) is 0 Å². The molecule has 0 radical (unpaired) electrons. The van der Waals surface area contributed by atoms with Crippen LogP contribution in [0.3, 0.4) is 0 Å². The van der Waals surface area contributed by atoms with Crippen molar-refractivity contribution < 1.29 is 38.1 Å². The molecule has 25 heavy (non-hydrogen) atoms. The van der Waals surface area contributed by atoms with Crippen molar-refractivity contribution in [3.63, 3.8) is 0 Å². The summed E-state index contributed by atoms with van der Waals surface area (Å²) in [5.41, 5.74) is 0.0159. The number of carbonyl (C=O) groups is 2. The van der Waals surface area contributed by atoms with E-state index in [0.717, 1.165) is 12.1 Å². The first kappa shape index (κ1) is 22.9. The number of rotatable bonds is 8. The molecular formula is C16H22F3NO5. The molecule has 1 rings (SSSR count). The van der Waals surface area contributed by atoms with Gasteiger partial charge in [-0.15, -0.1) is 0 Å². The number of benzene rings is 1. The third kappa shape index (κ3) is 12.0. The van der Waals surface area contributed by atoms with Crippen molar-refractivity contribution in [2.45, 2.75) is 38.4 Å². The lowest BCUT2D eigenvalue weighted by molar-refractivity contribution is -0.143. The molecule has 4 N–H and O–H groups in total. The predicted octanol–water partition coefficient (Wildman–Crippen LogP) is 2.15. The van der Waals surface area contributed by atoms with Crippen LogP contribution < -0.4 is 5.32 Å². The molecule has 1 aromatic carbocycles. The van der Waals surface area contributed by atoms with Crippen LogP contribution in [-0.4, -0.2) is 46.5 Å². The van der Waals surface area contributed by atoms with E-state index < -0.39 is 23.7 Å². The monoisotopic (exact) mass is 365 g/mol. The van der Waals surface area contributed by atoms with Crippen LogP contribution in [-0.2, 0) is 22.2 Å². The van der Waals surface area contributed by atoms with E-state index in [1.165, 1.54) is 6.07 Å². The highest BCUT2D eigenvalue weighted by atomic mass is 19.4. The maximum atomic E-state index is 12.5. The molecule has 1 unspecified atom stereocenters. The number of halogens is 3. The second-order valence-electron chi connectivity index (χ2n) is 5.27. The molecule has 0 aliphatic carbocycles. The fourth-order valence-electron chi connectivity index (χ4n) is 1.83. The molecular weight excluding hydrogens is 343 g/mol. The Bertz CT molecular complexity index is 535. The van der Waals surface area contributed by atoms with Crippen LogP contribution in [0, 0.1) is 0 Å². The molecule has 6 nitrogen and oxygen atoms in total. The first-order valence-electron chi connectivity index (χ1n) is 7.50. The zero-order valence-electron chi connectivity index (χ0n) is 13.7. The first-order chi connectivity index (χ1) is 11.6. The van der Waals surface area contributed by atoms with Gasteiger partial charge in [-0.05, 0) is 25.0 Å². The van der Waals surface area contributed by atoms with Crippen LogP contribution >= 0.6 is 0 Å². The number of aliphatic hydroxyl groups is 1. The fraction of sp³-hybridized carbons (Fsp3) is 0.500. The molecule has 0 aliphatic rings. The van der Waals surface area contributed by atoms with Crippen LogP contribution in [0.5, 0.6) is 0 Å². The summed E-state index contributed by atoms with van der Waals surface area (Å²) in [6, 6.07) is 5.35. The number of hydrogen-bond donors (Lipinski definition) is 4. The van der Waals surface area contributed by atoms with Crippen LogP contribution in [0.15, 0.2) is 24.3 Å². The maximum Gasteiger partial charge on any atom is 0.416 e. The second-order valence-corrected chi connectivity index (χ2v) is 5.27. The smallest absolute Gasteiger partial charge is 0.416 e. The van der Waals surface area contributed by atoms with Gasteiger partial charge in [-0.25, -0.2) is 0 Å². The van der Waals surface area contributed by atoms with E-state index in [2.05, 4.69) is 5.32 Å². The van der Waals surface area contributed by atoms with Crippen molar-refractivity contribution in [3.8, 4) is 0 Å². The van der Waals surface area contributed by atoms with E-state index in [9.17, 15) is 22.8 Å². The summed E-state index contributed by atoms with van der Waals surface area (Å²) in [5, 5.41) is 27.4. The molecule has 0 bridgehead atoms. The largest absolute Gasteiger partial charge is 0.481 e. The molecule has 0 heterocycles. The number of carboxylic acid groups (broad SMARTS) is 2. The Morgan fingerprint density at radius 2 is 1.72 bits per heavy atom. The zero-order valence-corrected chi connectivity index (χ0v) is 13.7. The Morgan fingerprint density at radius 3 is 2.16 bits per heavy atom. The lowest BCUT2D eigenvalue weighted by atomic mass is 10.0. The summed E-state index contributed by atoms with van der Waals surface area (Å²) in [6.45, 7) is 2.34. The molecule has 0 aliphatic heterocycles. The third-order valence-electron chi connectivity index (χ3n) is 2.95. The maximum absolute atomic E-state index is 12.5. The molecule has 0 fully saturated rings. The lowest BCUT2D eigenvalue weighted by Crippen LogP contribution is -2.30. The summed E-state index contributed by atoms with van der Waals surface area (Å²) in [6.07, 6.45) is -4.38. The molecule has 142 valence electrons. The van der Waals surface area contributed by atoms with Gasteiger partial charge in [0.15, 0.2) is 0 Å². The van der Waals surface area contributed by atoms with Crippen molar-refractivity contribution in [1.29, 1.82) is 0 Å². The molecule has 0 saturated carbocycles. The van der Waals surface area contributed by atoms with Gasteiger partial charge in [0.1, 0.15) is 0 Å². The Hall–Kier alpha value is -2.13. The molecule has 0 saturated heterocycles. The molecule has 0 spiro atoms. The van der Waals surface area contributed by atoms with Crippen LogP contribution in [0.1, 0.15) is 30.9 Å². The molecule has 0 aromatic heterocycles. The van der Waals surface area contributed by atoms with Gasteiger partial charge in [-0.1, -0.05) is 18.2 Å². The Kier molecular flexibility index (Phi) is 10.5. The average Bonchev–Trinajstić information content (AvgIpc) is 2.51. The molecule has 0 amide bonds. The van der Waals surface area contributed by atoms with Crippen LogP contribution in [0.2, 0.25) is 0 Å². The van der Waals surface area contributed by atoms with Crippen molar-refractivity contribution in [2.75, 3.05) is 13.2 Å². The van der Waals surface area contributed by atoms with E-state index in [0.29, 0.717) is 18.5 Å². The fourth-order valence-corrected chi connectivity index (χ4v) is 1.83. The summed E-state index contributed by atoms with van der Waals surface area (Å²) < 4.78 is 37.4. The van der Waals surface area contributed by atoms with Crippen molar-refractivity contribution in [2.24, 2.45) is 0 Å². The lowest BCUT2D eigenvalue weighted by Gasteiger charge is -2.14. The van der Waals surface area contributed by atoms with Gasteiger partial charge in [0.2, 0.25) is 0 Å². The Balaban J connectivity index is 0.000000609. The molecule has 1 aromatic rings. The van der Waals surface area contributed by atoms with Crippen molar-refractivity contribution in [1.82, 2.24) is 5.32 Å². The standard InChI is InChI=1S/C12H16F3NO.C4H6O4/c1-9(16-5-6-17)7-10-3-2-4-11(8-10)12(13,14)15;5-3(6)1-2-4(7)8/h2-4,8-9,16-17H,5-7H2,1H3;1-2H2,(H,5,6)(H,7,8). The quantitative estimate of drug-likeness (QED) is 0.562. The number of hydrogen-bond acceptors (Lipinski definition) is 4. The van der Waals surface area contributed by atoms with Crippen molar-refractivity contribution in [3.05, 3.63) is 35.4 Å². The highest BCUT2D eigenvalue weighted by Crippen LogP contribution is 2.29. The number of nitrogens with one attached hydrogen (secondary N) is 1. The van der Waals surface area contributed by atoms with Gasteiger partial charge in [-0.2, -0.15) is 13.2 Å². The van der Waals surface area contributed by atoms with Gasteiger partial charge < -0.3 is 20.6 Å². The summed E-state index contributed by atoms with van der Waals surface area (Å²) in [4.78, 5) is 19.3. The summed E-state index contributed by atoms with van der Waals surface area (Å²) >= 11 is 0. The van der Waals surface area contributed by atoms with E-state index in [1.807, 2.05) is 6.92 Å². The Morgan fingerprint density at radius 1 is 1.16 bits per heavy atom. The SMILES string of the molecule is CC(Cc1cccc(C(F)(F)F)c1)NCCO.O=C(O)CCC(=O)O. The molecule has 1 atom stereocenters. The second kappa shape index (κ2) is 11.4. The highest BCUT2D eigenvalue weighted by Gasteiger charge is 2.30. The van der Waals surface area contributed by atoms with E-state index in [-0.39, 0.29) is 25.5 Å². The number of aliphatic hydroxyl groups excluding tert-OH is 1. The number of aliphatic carboxylic acids is 2. The van der Waals surface area contributed by atoms with E-state index in [1.54, 1.807) is 6.07 Å². The summed E-state index contributed by atoms with van der Waals surface area (Å²) in [5.74, 6) is -2.15. The number of alkyl halides is 3. The average molecular weight is 365 g/mol. The first-order valence-corrected chi connectivity index (χ1v) is 7.50. The predicted molar refractivity (Wildman–Crippen MR) is 84.2 cm³/mol. The third-order valence-corrected chi connectivity index (χ3v) is 2.95. The highest BCUT2D eigenvalue weighted by molar-refractivity contribution is 5.75. The van der Waals surface area contributed by atoms with E-state index in [4.69, 9.17) is 15.3 Å². The van der Waals surface area contributed by atoms with Crippen LogP contribution in [0.25, 0.3) is 0 Å².